The fourth-order valence-electron chi connectivity index (χ4n) is 3.60. The van der Waals surface area contributed by atoms with Gasteiger partial charge in [0.1, 0.15) is 0 Å². The molecule has 9 N–H and O–H groups in total. The fourth-order valence-corrected chi connectivity index (χ4v) is 9.44. The first-order valence-corrected chi connectivity index (χ1v) is 17.7. The van der Waals surface area contributed by atoms with Crippen LogP contribution in [0.5, 0.6) is 0 Å². The van der Waals surface area contributed by atoms with Crippen molar-refractivity contribution < 1.29 is 27.0 Å². The minimum atomic E-state index is -2.54. The van der Waals surface area contributed by atoms with Crippen LogP contribution in [-0.2, 0) is 22.2 Å². The third kappa shape index (κ3) is 11.7. The van der Waals surface area contributed by atoms with E-state index in [1.54, 1.807) is 12.1 Å². The maximum atomic E-state index is 13.5. The molecule has 0 aliphatic carbocycles. The van der Waals surface area contributed by atoms with Crippen molar-refractivity contribution in [1.29, 1.82) is 0 Å². The van der Waals surface area contributed by atoms with E-state index in [0.717, 1.165) is 3.57 Å². The van der Waals surface area contributed by atoms with Crippen LogP contribution in [0.1, 0.15) is 49.9 Å². The molecule has 43 heavy (non-hydrogen) atoms. The van der Waals surface area contributed by atoms with Crippen LogP contribution in [0.3, 0.4) is 0 Å². The van der Waals surface area contributed by atoms with Crippen molar-refractivity contribution >= 4 is 61.6 Å². The van der Waals surface area contributed by atoms with E-state index >= 15 is 0 Å². The van der Waals surface area contributed by atoms with Crippen molar-refractivity contribution in [1.82, 2.24) is 16.0 Å². The number of hydrogen-bond acceptors (Lipinski definition) is 10. The topological polar surface area (TPSA) is 257 Å². The number of primary amides is 1. The number of thioether (sulfide) groups is 1. The van der Waals surface area contributed by atoms with Gasteiger partial charge < -0.3 is 11.5 Å². The van der Waals surface area contributed by atoms with E-state index in [-0.39, 0.29) is 18.7 Å². The minimum Gasteiger partial charge on any atom is -0.368 e. The molecular formula is C26H38IN9O6S. The van der Waals surface area contributed by atoms with Gasteiger partial charge in [-0.1, -0.05) is 0 Å². The second-order valence-electron chi connectivity index (χ2n) is 9.54. The number of nitrogens with zero attached hydrogens (tertiary/aromatic N) is 3. The van der Waals surface area contributed by atoms with Crippen LogP contribution < -0.4 is 33.2 Å². The Balaban J connectivity index is 2.28. The van der Waals surface area contributed by atoms with E-state index < -0.39 is 74.0 Å². The zero-order valence-electron chi connectivity index (χ0n) is 24.0. The first-order chi connectivity index (χ1) is 20.5. The zero-order chi connectivity index (χ0) is 31.9. The van der Waals surface area contributed by atoms with Gasteiger partial charge in [0.05, 0.1) is 0 Å². The molecule has 0 aromatic heterocycles. The Hall–Kier alpha value is -3.38. The molecule has 4 atom stereocenters. The predicted octanol–water partition coefficient (Wildman–Crippen LogP) is 1.16. The van der Waals surface area contributed by atoms with Gasteiger partial charge >= 0.3 is 246 Å². The van der Waals surface area contributed by atoms with Gasteiger partial charge in [0, 0.05) is 0 Å². The summed E-state index contributed by atoms with van der Waals surface area (Å²) in [4.78, 5) is 66.2. The van der Waals surface area contributed by atoms with Crippen molar-refractivity contribution in [2.24, 2.45) is 22.3 Å². The van der Waals surface area contributed by atoms with Gasteiger partial charge in [-0.2, -0.15) is 0 Å². The molecule has 1 aromatic rings. The first kappa shape index (κ1) is 35.8. The minimum absolute atomic E-state index is 0.0286. The molecule has 1 aromatic carbocycles. The van der Waals surface area contributed by atoms with Crippen molar-refractivity contribution in [3.8, 4) is 0 Å². The number of azide groups is 1. The van der Waals surface area contributed by atoms with Crippen molar-refractivity contribution in [3.63, 3.8) is 0 Å². The van der Waals surface area contributed by atoms with Gasteiger partial charge in [-0.25, -0.2) is 0 Å². The van der Waals surface area contributed by atoms with Crippen molar-refractivity contribution in [2.75, 3.05) is 18.8 Å². The second kappa shape index (κ2) is 18.3. The van der Waals surface area contributed by atoms with Crippen LogP contribution >= 0.6 is 32.0 Å². The smallest absolute Gasteiger partial charge is 0.368 e. The summed E-state index contributed by atoms with van der Waals surface area (Å²) in [5, 5.41) is 11.4. The van der Waals surface area contributed by atoms with Gasteiger partial charge in [-0.05, 0) is 0 Å². The predicted molar refractivity (Wildman–Crippen MR) is 171 cm³/mol. The van der Waals surface area contributed by atoms with Gasteiger partial charge in [0.25, 0.3) is 0 Å². The molecule has 0 radical (unpaired) electrons. The van der Waals surface area contributed by atoms with Gasteiger partial charge in [-0.3, -0.25) is 4.79 Å². The van der Waals surface area contributed by atoms with Crippen LogP contribution in [0, 0.1) is 3.57 Å². The zero-order valence-corrected chi connectivity index (χ0v) is 26.9. The SMILES string of the molecule is C[C@H](N)C(=O)N[C@@H](CS/C(=C\I1OC(=O)c2ccccc21)CCN=[N+]=[N-])C(=O)N[C@@H](CCCCN)C(=O)N[C@@H](C)C(N)=O. The number of nitrogens with two attached hydrogens (primary N) is 3. The molecule has 0 spiro atoms. The molecule has 236 valence electrons. The van der Waals surface area contributed by atoms with E-state index in [2.05, 4.69) is 26.0 Å². The number of amides is 4. The first-order valence-electron chi connectivity index (χ1n) is 13.5. The standard InChI is InChI=1S/C26H38IN9O6S/c1-15(29)23(38)35-21(25(40)34-20(9-5-6-11-28)24(39)33-16(2)22(30)37)14-43-17(10-12-32-36-31)13-27-19-8-4-3-7-18(19)26(41)42-27/h3-4,7-8,13,15-16,20-21H,5-6,9-12,14,28-29H2,1-2H3,(H2,30,37)(H,33,39)(H,34,40)(H,35,38)/b17-13-/t15-,16-,20-,21-/m0/s1. The number of rotatable bonds is 18. The molecule has 17 heteroatoms. The molecule has 0 bridgehead atoms. The second-order valence-corrected chi connectivity index (χ2v) is 14.5. The molecule has 15 nitrogen and oxygen atoms in total. The van der Waals surface area contributed by atoms with Crippen molar-refractivity contribution in [2.45, 2.75) is 63.7 Å². The third-order valence-corrected chi connectivity index (χ3v) is 11.9. The van der Waals surface area contributed by atoms with Crippen LogP contribution in [0.2, 0.25) is 0 Å². The number of benzene rings is 1. The monoisotopic (exact) mass is 731 g/mol. The number of unbranched alkanes of at least 4 members (excludes halogenated alkanes) is 1. The van der Waals surface area contributed by atoms with Crippen LogP contribution in [-0.4, -0.2) is 72.6 Å². The van der Waals surface area contributed by atoms with Crippen molar-refractivity contribution in [3.05, 3.63) is 52.8 Å². The number of hydrogen-bond donors (Lipinski definition) is 6. The Morgan fingerprint density at radius 2 is 1.77 bits per heavy atom. The Labute approximate surface area is 261 Å². The number of halogens is 1. The summed E-state index contributed by atoms with van der Waals surface area (Å²) in [6, 6.07) is 3.09. The summed E-state index contributed by atoms with van der Waals surface area (Å²) in [5.74, 6) is -2.94. The number of nitrogens with one attached hydrogen (secondary N) is 3. The van der Waals surface area contributed by atoms with E-state index in [4.69, 9.17) is 25.8 Å². The molecule has 0 saturated carbocycles. The third-order valence-electron chi connectivity index (χ3n) is 6.04. The Morgan fingerprint density at radius 1 is 1.09 bits per heavy atom. The number of carbonyl (C=O) groups is 5. The summed E-state index contributed by atoms with van der Waals surface area (Å²) in [5.41, 5.74) is 25.8. The Bertz CT molecular complexity index is 1260. The molecule has 1 aliphatic heterocycles. The summed E-state index contributed by atoms with van der Waals surface area (Å²) in [6.07, 6.45) is 1.67. The molecule has 2 rings (SSSR count). The maximum absolute atomic E-state index is 13.5. The molecule has 0 unspecified atom stereocenters. The Morgan fingerprint density at radius 3 is 2.42 bits per heavy atom. The van der Waals surface area contributed by atoms with Crippen LogP contribution in [0.4, 0.5) is 0 Å². The van der Waals surface area contributed by atoms with Crippen LogP contribution in [0.25, 0.3) is 10.4 Å². The van der Waals surface area contributed by atoms with Gasteiger partial charge in [0.15, 0.2) is 0 Å². The summed E-state index contributed by atoms with van der Waals surface area (Å²) in [6.45, 7) is 3.41. The summed E-state index contributed by atoms with van der Waals surface area (Å²) < 4.78 is 8.36. The summed E-state index contributed by atoms with van der Waals surface area (Å²) >= 11 is -1.31. The van der Waals surface area contributed by atoms with Gasteiger partial charge in [-0.15, -0.1) is 0 Å². The molecular weight excluding hydrogens is 693 g/mol. The molecule has 1 aliphatic rings. The summed E-state index contributed by atoms with van der Waals surface area (Å²) in [7, 11) is 0. The average molecular weight is 732 g/mol. The van der Waals surface area contributed by atoms with E-state index in [0.29, 0.717) is 36.3 Å². The molecule has 1 heterocycles. The molecule has 0 saturated heterocycles. The number of carbonyl (C=O) groups excluding carboxylic acids is 5. The molecule has 0 fully saturated rings. The van der Waals surface area contributed by atoms with E-state index in [1.165, 1.54) is 25.6 Å². The Kier molecular flexibility index (Phi) is 15.3. The van der Waals surface area contributed by atoms with E-state index in [9.17, 15) is 24.0 Å². The normalized spacial score (nSPS) is 16.0. The quantitative estimate of drug-likeness (QED) is 0.0416. The van der Waals surface area contributed by atoms with Gasteiger partial charge in [0.2, 0.25) is 0 Å². The van der Waals surface area contributed by atoms with E-state index in [1.807, 2.05) is 16.2 Å². The number of fused-ring (bicyclic) bond motifs is 1. The fraction of sp³-hybridized carbons (Fsp3) is 0.500. The average Bonchev–Trinajstić information content (AvgIpc) is 3.28. The van der Waals surface area contributed by atoms with Crippen LogP contribution in [0.15, 0.2) is 38.4 Å². The molecule has 4 amide bonds.